The van der Waals surface area contributed by atoms with Gasteiger partial charge in [-0.1, -0.05) is 0 Å². The largest absolute Gasteiger partial charge is 0.435 e. The molecule has 1 aromatic carbocycles. The molecular formula is C16H18F2N4O4. The zero-order valence-corrected chi connectivity index (χ0v) is 14.6. The van der Waals surface area contributed by atoms with Gasteiger partial charge in [-0.05, 0) is 51.5 Å². The maximum Gasteiger partial charge on any atom is 0.387 e. The Morgan fingerprint density at radius 1 is 1.35 bits per heavy atom. The van der Waals surface area contributed by atoms with Gasteiger partial charge in [0, 0.05) is 5.69 Å². The number of nitrogens with zero attached hydrogens (tertiary/aromatic N) is 3. The highest BCUT2D eigenvalue weighted by Crippen LogP contribution is 2.26. The van der Waals surface area contributed by atoms with E-state index in [1.54, 1.807) is 13.8 Å². The summed E-state index contributed by atoms with van der Waals surface area (Å²) in [5, 5.41) is 17.8. The third-order valence-electron chi connectivity index (χ3n) is 3.90. The van der Waals surface area contributed by atoms with E-state index >= 15 is 0 Å². The molecule has 26 heavy (non-hydrogen) atoms. The van der Waals surface area contributed by atoms with Gasteiger partial charge in [-0.15, -0.1) is 0 Å². The number of aryl methyl sites for hydroxylation is 2. The van der Waals surface area contributed by atoms with Gasteiger partial charge in [-0.25, -0.2) is 0 Å². The molecule has 1 heterocycles. The lowest BCUT2D eigenvalue weighted by Gasteiger charge is -2.16. The minimum atomic E-state index is -2.93. The lowest BCUT2D eigenvalue weighted by atomic mass is 10.2. The lowest BCUT2D eigenvalue weighted by molar-refractivity contribution is -0.386. The van der Waals surface area contributed by atoms with Crippen LogP contribution < -0.4 is 10.1 Å². The molecule has 1 atom stereocenters. The van der Waals surface area contributed by atoms with Gasteiger partial charge in [-0.2, -0.15) is 13.9 Å². The standard InChI is InChI=1S/C16H18F2N4O4/c1-8-7-12(26-16(17)18)5-6-13(8)19-15(23)11(4)21-10(3)14(22(24)25)9(2)20-21/h5-7,11,16H,1-4H3,(H,19,23). The second-order valence-corrected chi connectivity index (χ2v) is 5.74. The van der Waals surface area contributed by atoms with Crippen molar-refractivity contribution in [2.75, 3.05) is 5.32 Å². The molecular weight excluding hydrogens is 350 g/mol. The Hall–Kier alpha value is -3.04. The molecule has 0 spiro atoms. The van der Waals surface area contributed by atoms with Crippen LogP contribution >= 0.6 is 0 Å². The number of alkyl halides is 2. The molecule has 1 amide bonds. The van der Waals surface area contributed by atoms with Crippen molar-refractivity contribution < 1.29 is 23.2 Å². The number of nitro groups is 1. The van der Waals surface area contributed by atoms with Crippen LogP contribution in [0.5, 0.6) is 5.75 Å². The molecule has 0 bridgehead atoms. The molecule has 0 aliphatic rings. The smallest absolute Gasteiger partial charge is 0.387 e. The summed E-state index contributed by atoms with van der Waals surface area (Å²) < 4.78 is 30.1. The molecule has 2 rings (SSSR count). The highest BCUT2D eigenvalue weighted by Gasteiger charge is 2.27. The second kappa shape index (κ2) is 7.46. The first-order valence-electron chi connectivity index (χ1n) is 7.68. The minimum absolute atomic E-state index is 0.0160. The van der Waals surface area contributed by atoms with Gasteiger partial charge >= 0.3 is 12.3 Å². The Morgan fingerprint density at radius 3 is 2.50 bits per heavy atom. The molecule has 140 valence electrons. The van der Waals surface area contributed by atoms with E-state index in [2.05, 4.69) is 15.2 Å². The number of carbonyl (C=O) groups is 1. The number of anilines is 1. The van der Waals surface area contributed by atoms with Crippen LogP contribution in [0.2, 0.25) is 0 Å². The second-order valence-electron chi connectivity index (χ2n) is 5.74. The predicted octanol–water partition coefficient (Wildman–Crippen LogP) is 3.52. The monoisotopic (exact) mass is 368 g/mol. The molecule has 2 aromatic rings. The highest BCUT2D eigenvalue weighted by molar-refractivity contribution is 5.94. The number of benzene rings is 1. The van der Waals surface area contributed by atoms with Crippen LogP contribution in [-0.4, -0.2) is 27.2 Å². The topological polar surface area (TPSA) is 99.3 Å². The van der Waals surface area contributed by atoms with Gasteiger partial charge in [-0.3, -0.25) is 19.6 Å². The van der Waals surface area contributed by atoms with E-state index < -0.39 is 23.5 Å². The lowest BCUT2D eigenvalue weighted by Crippen LogP contribution is -2.25. The van der Waals surface area contributed by atoms with Crippen LogP contribution in [-0.2, 0) is 4.79 Å². The molecule has 8 nitrogen and oxygen atoms in total. The van der Waals surface area contributed by atoms with Gasteiger partial charge in [0.15, 0.2) is 0 Å². The molecule has 0 aliphatic carbocycles. The zero-order chi connectivity index (χ0) is 19.6. The van der Waals surface area contributed by atoms with Crippen molar-refractivity contribution in [2.45, 2.75) is 40.3 Å². The predicted molar refractivity (Wildman–Crippen MR) is 89.5 cm³/mol. The van der Waals surface area contributed by atoms with E-state index in [9.17, 15) is 23.7 Å². The van der Waals surface area contributed by atoms with E-state index in [4.69, 9.17) is 0 Å². The van der Waals surface area contributed by atoms with Crippen molar-refractivity contribution in [1.29, 1.82) is 0 Å². The summed E-state index contributed by atoms with van der Waals surface area (Å²) in [5.41, 5.74) is 1.31. The Morgan fingerprint density at radius 2 is 2.00 bits per heavy atom. The van der Waals surface area contributed by atoms with E-state index in [-0.39, 0.29) is 22.8 Å². The minimum Gasteiger partial charge on any atom is -0.435 e. The molecule has 1 unspecified atom stereocenters. The number of halogens is 2. The van der Waals surface area contributed by atoms with Crippen molar-refractivity contribution in [2.24, 2.45) is 0 Å². The number of hydrogen-bond donors (Lipinski definition) is 1. The molecule has 0 saturated carbocycles. The van der Waals surface area contributed by atoms with Crippen LogP contribution in [0.25, 0.3) is 0 Å². The highest BCUT2D eigenvalue weighted by atomic mass is 19.3. The zero-order valence-electron chi connectivity index (χ0n) is 14.6. The van der Waals surface area contributed by atoms with Crippen LogP contribution in [0, 0.1) is 30.9 Å². The fourth-order valence-corrected chi connectivity index (χ4v) is 2.60. The molecule has 0 saturated heterocycles. The number of hydrogen-bond acceptors (Lipinski definition) is 5. The summed E-state index contributed by atoms with van der Waals surface area (Å²) in [4.78, 5) is 23.0. The summed E-state index contributed by atoms with van der Waals surface area (Å²) >= 11 is 0. The first-order valence-corrected chi connectivity index (χ1v) is 7.68. The third-order valence-corrected chi connectivity index (χ3v) is 3.90. The molecule has 0 fully saturated rings. The van der Waals surface area contributed by atoms with Gasteiger partial charge in [0.05, 0.1) is 4.92 Å². The maximum atomic E-state index is 12.5. The Bertz CT molecular complexity index is 851. The normalized spacial score (nSPS) is 12.1. The summed E-state index contributed by atoms with van der Waals surface area (Å²) in [5.74, 6) is -0.464. The fraction of sp³-hybridized carbons (Fsp3) is 0.375. The van der Waals surface area contributed by atoms with Crippen molar-refractivity contribution in [3.63, 3.8) is 0 Å². The van der Waals surface area contributed by atoms with Crippen LogP contribution in [0.15, 0.2) is 18.2 Å². The Kier molecular flexibility index (Phi) is 5.53. The summed E-state index contributed by atoms with van der Waals surface area (Å²) in [7, 11) is 0. The number of amides is 1. The van der Waals surface area contributed by atoms with Crippen molar-refractivity contribution in [3.8, 4) is 5.75 Å². The average Bonchev–Trinajstić information content (AvgIpc) is 2.83. The van der Waals surface area contributed by atoms with E-state index in [1.165, 1.54) is 36.7 Å². The summed E-state index contributed by atoms with van der Waals surface area (Å²) in [6.45, 7) is 3.27. The van der Waals surface area contributed by atoms with E-state index in [0.717, 1.165) is 0 Å². The van der Waals surface area contributed by atoms with Crippen LogP contribution in [0.4, 0.5) is 20.2 Å². The van der Waals surface area contributed by atoms with Crippen molar-refractivity contribution >= 4 is 17.3 Å². The Labute approximate surface area is 147 Å². The van der Waals surface area contributed by atoms with Crippen LogP contribution in [0.1, 0.15) is 29.9 Å². The average molecular weight is 368 g/mol. The first kappa shape index (κ1) is 19.3. The maximum absolute atomic E-state index is 12.5. The van der Waals surface area contributed by atoms with Crippen LogP contribution in [0.3, 0.4) is 0 Å². The molecule has 10 heteroatoms. The molecule has 1 aromatic heterocycles. The Balaban J connectivity index is 2.20. The molecule has 1 N–H and O–H groups in total. The molecule has 0 radical (unpaired) electrons. The summed E-state index contributed by atoms with van der Waals surface area (Å²) in [6.07, 6.45) is 0. The number of rotatable bonds is 6. The number of carbonyl (C=O) groups excluding carboxylic acids is 1. The third kappa shape index (κ3) is 3.95. The van der Waals surface area contributed by atoms with Crippen molar-refractivity contribution in [3.05, 3.63) is 45.3 Å². The van der Waals surface area contributed by atoms with E-state index in [0.29, 0.717) is 11.3 Å². The number of ether oxygens (including phenoxy) is 1. The number of aromatic nitrogens is 2. The van der Waals surface area contributed by atoms with Gasteiger partial charge in [0.1, 0.15) is 23.2 Å². The SMILES string of the molecule is Cc1cc(OC(F)F)ccc1NC(=O)C(C)n1nc(C)c([N+](=O)[O-])c1C. The van der Waals surface area contributed by atoms with Crippen molar-refractivity contribution in [1.82, 2.24) is 9.78 Å². The van der Waals surface area contributed by atoms with Gasteiger partial charge < -0.3 is 10.1 Å². The van der Waals surface area contributed by atoms with Gasteiger partial charge in [0.25, 0.3) is 0 Å². The fourth-order valence-electron chi connectivity index (χ4n) is 2.60. The molecule has 0 aliphatic heterocycles. The first-order chi connectivity index (χ1) is 12.1. The van der Waals surface area contributed by atoms with E-state index in [1.807, 2.05) is 0 Å². The van der Waals surface area contributed by atoms with Gasteiger partial charge in [0.2, 0.25) is 5.91 Å². The number of nitrogens with one attached hydrogen (secondary N) is 1. The summed E-state index contributed by atoms with van der Waals surface area (Å²) in [6, 6.07) is 3.33. The quantitative estimate of drug-likeness (QED) is 0.621.